The van der Waals surface area contributed by atoms with Crippen LogP contribution >= 0.6 is 0 Å². The van der Waals surface area contributed by atoms with E-state index < -0.39 is 46.8 Å². The van der Waals surface area contributed by atoms with Gasteiger partial charge < -0.3 is 9.47 Å². The van der Waals surface area contributed by atoms with Crippen molar-refractivity contribution in [1.29, 1.82) is 0 Å². The summed E-state index contributed by atoms with van der Waals surface area (Å²) in [5.41, 5.74) is 0.303. The Bertz CT molecular complexity index is 926. The summed E-state index contributed by atoms with van der Waals surface area (Å²) < 4.78 is 86.6. The van der Waals surface area contributed by atoms with E-state index in [1.165, 1.54) is 12.1 Å². The molecule has 0 N–H and O–H groups in total. The fraction of sp³-hybridized carbons (Fsp3) is 0.409. The van der Waals surface area contributed by atoms with Crippen LogP contribution in [0.1, 0.15) is 60.9 Å². The van der Waals surface area contributed by atoms with E-state index in [0.29, 0.717) is 18.1 Å². The van der Waals surface area contributed by atoms with Gasteiger partial charge in [0.05, 0.1) is 5.56 Å². The van der Waals surface area contributed by atoms with Gasteiger partial charge in [0.25, 0.3) is 0 Å². The van der Waals surface area contributed by atoms with E-state index in [1.807, 2.05) is 0 Å². The molecule has 0 aliphatic heterocycles. The Labute approximate surface area is 175 Å². The number of benzene rings is 2. The van der Waals surface area contributed by atoms with Crippen molar-refractivity contribution < 1.29 is 40.6 Å². The van der Waals surface area contributed by atoms with Gasteiger partial charge in [-0.3, -0.25) is 0 Å². The van der Waals surface area contributed by atoms with E-state index >= 15 is 0 Å². The third kappa shape index (κ3) is 5.71. The summed E-state index contributed by atoms with van der Waals surface area (Å²) in [4.78, 5) is 12.2. The third-order valence-corrected chi connectivity index (χ3v) is 5.51. The van der Waals surface area contributed by atoms with Crippen LogP contribution in [-0.2, 0) is 0 Å². The molecule has 0 aromatic heterocycles. The molecule has 168 valence electrons. The average Bonchev–Trinajstić information content (AvgIpc) is 2.70. The highest BCUT2D eigenvalue weighted by molar-refractivity contribution is 5.91. The number of carbonyl (C=O) groups excluding carboxylic acids is 1. The summed E-state index contributed by atoms with van der Waals surface area (Å²) in [7, 11) is 0. The second-order valence-corrected chi connectivity index (χ2v) is 7.52. The fourth-order valence-electron chi connectivity index (χ4n) is 3.83. The molecule has 0 atom stereocenters. The van der Waals surface area contributed by atoms with E-state index in [9.17, 15) is 31.1 Å². The Morgan fingerprint density at radius 3 is 2.10 bits per heavy atom. The SMILES string of the molecule is CCC1CCC(c2ccc(C(=O)Oc3cc(F)c(OC(F)(F)F)c(F)c3)c(F)c2)CC1. The maximum Gasteiger partial charge on any atom is 0.573 e. The van der Waals surface area contributed by atoms with Crippen LogP contribution in [0, 0.1) is 23.4 Å². The average molecular weight is 446 g/mol. The Kier molecular flexibility index (Phi) is 6.81. The Hall–Kier alpha value is -2.71. The molecule has 1 saturated carbocycles. The molecule has 0 radical (unpaired) electrons. The summed E-state index contributed by atoms with van der Waals surface area (Å²) in [5, 5.41) is 0. The van der Waals surface area contributed by atoms with Crippen molar-refractivity contribution in [3.8, 4) is 11.5 Å². The molecular formula is C22H20F6O3. The lowest BCUT2D eigenvalue weighted by molar-refractivity contribution is -0.276. The summed E-state index contributed by atoms with van der Waals surface area (Å²) in [5.74, 6) is -7.08. The highest BCUT2D eigenvalue weighted by Crippen LogP contribution is 2.37. The van der Waals surface area contributed by atoms with E-state index in [1.54, 1.807) is 6.07 Å². The Morgan fingerprint density at radius 1 is 0.968 bits per heavy atom. The molecule has 2 aromatic rings. The normalized spacial score (nSPS) is 19.2. The minimum atomic E-state index is -5.31. The van der Waals surface area contributed by atoms with E-state index in [-0.39, 0.29) is 5.92 Å². The largest absolute Gasteiger partial charge is 0.573 e. The van der Waals surface area contributed by atoms with Crippen LogP contribution in [0.15, 0.2) is 30.3 Å². The number of alkyl halides is 3. The van der Waals surface area contributed by atoms with Gasteiger partial charge in [0.2, 0.25) is 5.75 Å². The summed E-state index contributed by atoms with van der Waals surface area (Å²) in [6.07, 6.45) is -0.244. The minimum Gasteiger partial charge on any atom is -0.423 e. The second-order valence-electron chi connectivity index (χ2n) is 7.52. The first-order chi connectivity index (χ1) is 14.6. The van der Waals surface area contributed by atoms with Gasteiger partial charge in [-0.05, 0) is 55.2 Å². The van der Waals surface area contributed by atoms with Gasteiger partial charge in [-0.15, -0.1) is 13.2 Å². The smallest absolute Gasteiger partial charge is 0.423 e. The maximum atomic E-state index is 14.5. The first-order valence-corrected chi connectivity index (χ1v) is 9.83. The van der Waals surface area contributed by atoms with E-state index in [2.05, 4.69) is 11.7 Å². The number of hydrogen-bond donors (Lipinski definition) is 0. The monoisotopic (exact) mass is 446 g/mol. The van der Waals surface area contributed by atoms with Crippen molar-refractivity contribution >= 4 is 5.97 Å². The quantitative estimate of drug-likeness (QED) is 0.285. The molecule has 0 saturated heterocycles. The van der Waals surface area contributed by atoms with Crippen LogP contribution in [0.2, 0.25) is 0 Å². The van der Waals surface area contributed by atoms with Crippen molar-refractivity contribution in [3.63, 3.8) is 0 Å². The molecule has 3 nitrogen and oxygen atoms in total. The number of esters is 1. The molecule has 2 aromatic carbocycles. The Morgan fingerprint density at radius 2 is 1.58 bits per heavy atom. The van der Waals surface area contributed by atoms with Gasteiger partial charge in [0, 0.05) is 12.1 Å². The van der Waals surface area contributed by atoms with Gasteiger partial charge in [0.1, 0.15) is 11.6 Å². The zero-order valence-electron chi connectivity index (χ0n) is 16.6. The number of halogens is 6. The van der Waals surface area contributed by atoms with Crippen molar-refractivity contribution in [2.24, 2.45) is 5.92 Å². The summed E-state index contributed by atoms with van der Waals surface area (Å²) >= 11 is 0. The predicted octanol–water partition coefficient (Wildman–Crippen LogP) is 6.91. The van der Waals surface area contributed by atoms with Gasteiger partial charge in [0.15, 0.2) is 11.6 Å². The van der Waals surface area contributed by atoms with Crippen LogP contribution in [0.3, 0.4) is 0 Å². The second kappa shape index (κ2) is 9.20. The number of ether oxygens (including phenoxy) is 2. The molecule has 0 heterocycles. The highest BCUT2D eigenvalue weighted by Gasteiger charge is 2.34. The highest BCUT2D eigenvalue weighted by atomic mass is 19.4. The molecule has 1 aliphatic rings. The lowest BCUT2D eigenvalue weighted by Crippen LogP contribution is -2.19. The zero-order valence-corrected chi connectivity index (χ0v) is 16.6. The minimum absolute atomic E-state index is 0.187. The summed E-state index contributed by atoms with van der Waals surface area (Å²) in [6, 6.07) is 4.78. The molecule has 31 heavy (non-hydrogen) atoms. The van der Waals surface area contributed by atoms with Crippen LogP contribution in [0.5, 0.6) is 11.5 Å². The van der Waals surface area contributed by atoms with Crippen LogP contribution in [-0.4, -0.2) is 12.3 Å². The molecule has 0 unspecified atom stereocenters. The van der Waals surface area contributed by atoms with Gasteiger partial charge in [-0.2, -0.15) is 0 Å². The van der Waals surface area contributed by atoms with Crippen molar-refractivity contribution in [2.45, 2.75) is 51.3 Å². The van der Waals surface area contributed by atoms with Crippen LogP contribution in [0.25, 0.3) is 0 Å². The number of carbonyl (C=O) groups is 1. The lowest BCUT2D eigenvalue weighted by atomic mass is 9.78. The van der Waals surface area contributed by atoms with Gasteiger partial charge >= 0.3 is 12.3 Å². The number of hydrogen-bond acceptors (Lipinski definition) is 3. The molecule has 9 heteroatoms. The molecule has 0 spiro atoms. The molecule has 0 bridgehead atoms. The standard InChI is InChI=1S/C22H20F6O3/c1-2-12-3-5-13(6-4-12)14-7-8-16(17(23)9-14)21(29)30-15-10-18(24)20(19(25)11-15)31-22(26,27)28/h7-13H,2-6H2,1H3. The topological polar surface area (TPSA) is 35.5 Å². The van der Waals surface area contributed by atoms with Crippen molar-refractivity contribution in [2.75, 3.05) is 0 Å². The van der Waals surface area contributed by atoms with E-state index in [0.717, 1.165) is 37.7 Å². The summed E-state index contributed by atoms with van der Waals surface area (Å²) in [6.45, 7) is 2.14. The molecule has 0 amide bonds. The van der Waals surface area contributed by atoms with Crippen LogP contribution < -0.4 is 9.47 Å². The number of rotatable bonds is 5. The predicted molar refractivity (Wildman–Crippen MR) is 99.4 cm³/mol. The zero-order chi connectivity index (χ0) is 22.8. The first kappa shape index (κ1) is 23.0. The van der Waals surface area contributed by atoms with Gasteiger partial charge in [-0.1, -0.05) is 19.4 Å². The third-order valence-electron chi connectivity index (χ3n) is 5.51. The van der Waals surface area contributed by atoms with Crippen LogP contribution in [0.4, 0.5) is 26.3 Å². The van der Waals surface area contributed by atoms with Crippen molar-refractivity contribution in [1.82, 2.24) is 0 Å². The van der Waals surface area contributed by atoms with Gasteiger partial charge in [-0.25, -0.2) is 18.0 Å². The van der Waals surface area contributed by atoms with E-state index in [4.69, 9.17) is 4.74 Å². The first-order valence-electron chi connectivity index (χ1n) is 9.83. The maximum absolute atomic E-state index is 14.5. The molecule has 1 fully saturated rings. The lowest BCUT2D eigenvalue weighted by Gasteiger charge is -2.28. The molecule has 1 aliphatic carbocycles. The van der Waals surface area contributed by atoms with Crippen molar-refractivity contribution in [3.05, 3.63) is 58.9 Å². The fourth-order valence-corrected chi connectivity index (χ4v) is 3.83. The Balaban J connectivity index is 1.72. The molecule has 3 rings (SSSR count). The molecular weight excluding hydrogens is 426 g/mol.